The van der Waals surface area contributed by atoms with Crippen LogP contribution in [0.3, 0.4) is 0 Å². The van der Waals surface area contributed by atoms with Crippen molar-refractivity contribution < 1.29 is 95.4 Å². The van der Waals surface area contributed by atoms with E-state index in [1.165, 1.54) is 52.0 Å². The van der Waals surface area contributed by atoms with Crippen molar-refractivity contribution in [3.63, 3.8) is 0 Å². The van der Waals surface area contributed by atoms with Crippen LogP contribution in [0.15, 0.2) is 98.0 Å². The fourth-order valence-corrected chi connectivity index (χ4v) is 9.34. The molecule has 0 saturated carbocycles. The van der Waals surface area contributed by atoms with Gasteiger partial charge in [0, 0.05) is 4.47 Å². The van der Waals surface area contributed by atoms with Gasteiger partial charge in [-0.15, -0.1) is 0 Å². The molecule has 0 aliphatic rings. The van der Waals surface area contributed by atoms with Crippen molar-refractivity contribution in [2.45, 2.75) is 65.5 Å². The summed E-state index contributed by atoms with van der Waals surface area (Å²) in [5, 5.41) is 0. The normalized spacial score (nSPS) is 12.4. The zero-order valence-electron chi connectivity index (χ0n) is 37.3. The SMILES string of the molecule is C=Cc1c(C)cc(Br)cc1C(F)(F)F.C=Cc1c(C)cc([B-](c2cc(C)c(C=C)c(C(F)(F)F)c2)(c2cc(C)c(C=C)c(C(F)(F)F)c2)c2cc(C(F)(F)F)c(C=C)c(C(F)(F)F)c2)cc1C.[Na+]. The van der Waals surface area contributed by atoms with Crippen LogP contribution >= 0.6 is 15.9 Å². The molecule has 356 valence electrons. The van der Waals surface area contributed by atoms with E-state index < -0.39 is 97.9 Å². The van der Waals surface area contributed by atoms with Gasteiger partial charge in [-0.25, -0.2) is 0 Å². The van der Waals surface area contributed by atoms with Crippen LogP contribution in [0, 0.1) is 34.6 Å². The molecule has 0 saturated heterocycles. The van der Waals surface area contributed by atoms with E-state index in [4.69, 9.17) is 0 Å². The summed E-state index contributed by atoms with van der Waals surface area (Å²) in [6, 6.07) is 9.44. The monoisotopic (exact) mass is 1040 g/mol. The van der Waals surface area contributed by atoms with E-state index in [9.17, 15) is 65.9 Å². The van der Waals surface area contributed by atoms with Crippen molar-refractivity contribution in [1.29, 1.82) is 0 Å². The minimum Gasteiger partial charge on any atom is -0.195 e. The van der Waals surface area contributed by atoms with Gasteiger partial charge in [-0.3, -0.25) is 0 Å². The molecule has 5 aromatic carbocycles. The number of aryl methyl sites for hydroxylation is 5. The van der Waals surface area contributed by atoms with E-state index in [2.05, 4.69) is 48.8 Å². The molecule has 0 bridgehead atoms. The molecule has 5 aromatic rings. The molecule has 5 rings (SSSR count). The summed E-state index contributed by atoms with van der Waals surface area (Å²) in [7, 11) is 0. The number of benzene rings is 5. The Morgan fingerprint density at radius 2 is 0.544 bits per heavy atom. The maximum absolute atomic E-state index is 14.8. The molecule has 0 unspecified atom stereocenters. The molecule has 0 aliphatic carbocycles. The van der Waals surface area contributed by atoms with Crippen LogP contribution in [0.25, 0.3) is 30.4 Å². The molecular weight excluding hydrogens is 999 g/mol. The number of hydrogen-bond donors (Lipinski definition) is 0. The second-order valence-electron chi connectivity index (χ2n) is 15.8. The Morgan fingerprint density at radius 1 is 0.338 bits per heavy atom. The molecule has 68 heavy (non-hydrogen) atoms. The molecule has 0 amide bonds. The smallest absolute Gasteiger partial charge is 0.195 e. The van der Waals surface area contributed by atoms with Crippen LogP contribution in [0.2, 0.25) is 0 Å². The summed E-state index contributed by atoms with van der Waals surface area (Å²) in [5.74, 6) is 0. The van der Waals surface area contributed by atoms with Gasteiger partial charge in [0.1, 0.15) is 6.15 Å². The second kappa shape index (κ2) is 20.7. The molecule has 0 spiro atoms. The van der Waals surface area contributed by atoms with Gasteiger partial charge < -0.3 is 0 Å². The average Bonchev–Trinajstić information content (AvgIpc) is 3.18. The fourth-order valence-electron chi connectivity index (χ4n) is 8.77. The first-order valence-electron chi connectivity index (χ1n) is 19.7. The van der Waals surface area contributed by atoms with E-state index in [0.717, 1.165) is 30.4 Å². The molecule has 0 aromatic heterocycles. The predicted molar refractivity (Wildman–Crippen MR) is 243 cm³/mol. The molecule has 0 atom stereocenters. The third-order valence-electron chi connectivity index (χ3n) is 11.5. The van der Waals surface area contributed by atoms with Crippen molar-refractivity contribution in [2.24, 2.45) is 0 Å². The Morgan fingerprint density at radius 3 is 0.809 bits per heavy atom. The molecule has 0 heterocycles. The van der Waals surface area contributed by atoms with Crippen molar-refractivity contribution >= 4 is 74.3 Å². The summed E-state index contributed by atoms with van der Waals surface area (Å²) in [6.45, 7) is 24.3. The molecule has 18 heteroatoms. The molecule has 0 N–H and O–H groups in total. The Bertz CT molecular complexity index is 2650. The minimum absolute atomic E-state index is 0. The van der Waals surface area contributed by atoms with Crippen molar-refractivity contribution in [2.75, 3.05) is 0 Å². The van der Waals surface area contributed by atoms with Gasteiger partial charge in [0.2, 0.25) is 0 Å². The average molecular weight is 1040 g/mol. The minimum atomic E-state index is -5.49. The van der Waals surface area contributed by atoms with Crippen LogP contribution in [0.5, 0.6) is 0 Å². The van der Waals surface area contributed by atoms with Gasteiger partial charge in [-0.05, 0) is 102 Å². The van der Waals surface area contributed by atoms with Crippen molar-refractivity contribution in [1.82, 2.24) is 0 Å². The van der Waals surface area contributed by atoms with Gasteiger partial charge in [-0.1, -0.05) is 128 Å². The quantitative estimate of drug-likeness (QED) is 0.102. The number of rotatable bonds is 9. The first-order valence-corrected chi connectivity index (χ1v) is 20.5. The third-order valence-corrected chi connectivity index (χ3v) is 12.0. The number of hydrogen-bond acceptors (Lipinski definition) is 0. The maximum Gasteiger partial charge on any atom is 1.00 e. The Hall–Kier alpha value is -4.71. The Labute approximate surface area is 414 Å². The molecule has 0 nitrogen and oxygen atoms in total. The van der Waals surface area contributed by atoms with E-state index >= 15 is 0 Å². The van der Waals surface area contributed by atoms with Crippen LogP contribution in [-0.2, 0) is 30.9 Å². The van der Waals surface area contributed by atoms with Crippen molar-refractivity contribution in [3.05, 3.63) is 181 Å². The zero-order chi connectivity index (χ0) is 51.2. The van der Waals surface area contributed by atoms with Gasteiger partial charge in [0.15, 0.2) is 0 Å². The van der Waals surface area contributed by atoms with Gasteiger partial charge in [0.05, 0.1) is 27.8 Å². The summed E-state index contributed by atoms with van der Waals surface area (Å²) < 4.78 is 216. The van der Waals surface area contributed by atoms with Crippen LogP contribution in [0.4, 0.5) is 65.9 Å². The number of alkyl halides is 15. The van der Waals surface area contributed by atoms with E-state index in [1.54, 1.807) is 13.0 Å². The Kier molecular flexibility index (Phi) is 17.6. The zero-order valence-corrected chi connectivity index (χ0v) is 40.9. The van der Waals surface area contributed by atoms with Crippen molar-refractivity contribution in [3.8, 4) is 0 Å². The van der Waals surface area contributed by atoms with Gasteiger partial charge in [0.25, 0.3) is 0 Å². The van der Waals surface area contributed by atoms with Crippen LogP contribution in [0.1, 0.15) is 83.5 Å². The summed E-state index contributed by atoms with van der Waals surface area (Å²) >= 11 is 3.03. The predicted octanol–water partition coefficient (Wildman–Crippen LogP) is 12.4. The largest absolute Gasteiger partial charge is 1.00 e. The first-order chi connectivity index (χ1) is 30.6. The fraction of sp³-hybridized carbons (Fsp3) is 0.200. The summed E-state index contributed by atoms with van der Waals surface area (Å²) in [4.78, 5) is 0. The molecule has 0 aliphatic heterocycles. The van der Waals surface area contributed by atoms with E-state index in [-0.39, 0.29) is 51.7 Å². The third kappa shape index (κ3) is 11.5. The molecular formula is C50H40BBrF15Na. The van der Waals surface area contributed by atoms with E-state index in [0.29, 0.717) is 57.1 Å². The standard InChI is InChI=1S/C40H32BF12.C10H8BrF3.Na/c1-9-29-21(5)13-25(14-22(29)6)41(26-15-23(7)30(10-2)33(17-26)37(42,43)44,27-16-24(8)31(11-3)34(18-27)38(45,46)47)28-19-35(39(48,49)50)32(12-4)36(20-28)40(51,52)53;1-3-8-6(2)4-7(11)5-9(8)10(12,13)14;/h9-20H,1-4H2,5-8H3;3-5H,1H2,2H3;/q-1;;+1. The first kappa shape index (κ1) is 57.6. The van der Waals surface area contributed by atoms with Crippen LogP contribution < -0.4 is 51.4 Å². The summed E-state index contributed by atoms with van der Waals surface area (Å²) in [6.07, 6.45) is -24.6. The molecule has 0 fully saturated rings. The van der Waals surface area contributed by atoms with E-state index in [1.807, 2.05) is 0 Å². The molecule has 0 radical (unpaired) electrons. The number of halogens is 16. The maximum atomic E-state index is 14.8. The van der Waals surface area contributed by atoms with Gasteiger partial charge >= 0.3 is 60.4 Å². The van der Waals surface area contributed by atoms with Gasteiger partial charge in [-0.2, -0.15) is 87.7 Å². The van der Waals surface area contributed by atoms with Crippen LogP contribution in [-0.4, -0.2) is 6.15 Å². The Balaban J connectivity index is 0.000000699. The topological polar surface area (TPSA) is 0 Å². The second-order valence-corrected chi connectivity index (χ2v) is 16.7. The summed E-state index contributed by atoms with van der Waals surface area (Å²) in [5.41, 5.74) is -9.70.